The number of hydrogen-bond donors (Lipinski definition) is 1. The maximum atomic E-state index is 5.68. The molecule has 0 aliphatic rings. The van der Waals surface area contributed by atoms with E-state index in [9.17, 15) is 0 Å². The van der Waals surface area contributed by atoms with Gasteiger partial charge in [0.2, 0.25) is 0 Å². The summed E-state index contributed by atoms with van der Waals surface area (Å²) in [6, 6.07) is 15.2. The second-order valence-electron chi connectivity index (χ2n) is 5.85. The Labute approximate surface area is 153 Å². The van der Waals surface area contributed by atoms with Crippen molar-refractivity contribution in [2.45, 2.75) is 39.3 Å². The number of methoxy groups -OCH3 is 1. The van der Waals surface area contributed by atoms with Gasteiger partial charge in [0.25, 0.3) is 0 Å². The fourth-order valence-corrected chi connectivity index (χ4v) is 3.26. The van der Waals surface area contributed by atoms with Crippen LogP contribution < -0.4 is 14.8 Å². The van der Waals surface area contributed by atoms with Crippen molar-refractivity contribution in [3.63, 3.8) is 0 Å². The van der Waals surface area contributed by atoms with Crippen LogP contribution in [-0.2, 0) is 13.0 Å². The van der Waals surface area contributed by atoms with E-state index in [2.05, 4.69) is 64.6 Å². The van der Waals surface area contributed by atoms with Crippen molar-refractivity contribution < 1.29 is 9.47 Å². The van der Waals surface area contributed by atoms with E-state index >= 15 is 0 Å². The summed E-state index contributed by atoms with van der Waals surface area (Å²) in [5, 5.41) is 3.59. The molecule has 0 heterocycles. The molecule has 0 amide bonds. The third kappa shape index (κ3) is 5.53. The summed E-state index contributed by atoms with van der Waals surface area (Å²) in [7, 11) is 1.66. The quantitative estimate of drug-likeness (QED) is 0.654. The number of benzene rings is 2. The van der Waals surface area contributed by atoms with Gasteiger partial charge in [0.1, 0.15) is 0 Å². The SMILES string of the molecule is CCOc1cc(CNC(C)CCc2ccccc2)cc(Br)c1OC. The Morgan fingerprint density at radius 2 is 1.88 bits per heavy atom. The number of hydrogen-bond acceptors (Lipinski definition) is 3. The highest BCUT2D eigenvalue weighted by Crippen LogP contribution is 2.36. The topological polar surface area (TPSA) is 30.5 Å². The van der Waals surface area contributed by atoms with Crippen molar-refractivity contribution in [1.29, 1.82) is 0 Å². The van der Waals surface area contributed by atoms with Crippen molar-refractivity contribution in [2.75, 3.05) is 13.7 Å². The van der Waals surface area contributed by atoms with Gasteiger partial charge in [0.05, 0.1) is 18.2 Å². The van der Waals surface area contributed by atoms with Gasteiger partial charge in [0, 0.05) is 12.6 Å². The lowest BCUT2D eigenvalue weighted by atomic mass is 10.1. The number of aryl methyl sites for hydroxylation is 1. The standard InChI is InChI=1S/C20H26BrNO2/c1-4-24-19-13-17(12-18(21)20(19)23-3)14-22-15(2)10-11-16-8-6-5-7-9-16/h5-9,12-13,15,22H,4,10-11,14H2,1-3H3. The van der Waals surface area contributed by atoms with E-state index in [1.807, 2.05) is 13.0 Å². The summed E-state index contributed by atoms with van der Waals surface area (Å²) in [6.45, 7) is 5.63. The Balaban J connectivity index is 1.91. The van der Waals surface area contributed by atoms with Crippen LogP contribution in [0.3, 0.4) is 0 Å². The Bertz CT molecular complexity index is 631. The zero-order chi connectivity index (χ0) is 17.4. The highest BCUT2D eigenvalue weighted by Gasteiger charge is 2.11. The molecule has 3 nitrogen and oxygen atoms in total. The van der Waals surface area contributed by atoms with Crippen molar-refractivity contribution >= 4 is 15.9 Å². The van der Waals surface area contributed by atoms with Gasteiger partial charge < -0.3 is 14.8 Å². The minimum Gasteiger partial charge on any atom is -0.492 e. The molecule has 0 aromatic heterocycles. The lowest BCUT2D eigenvalue weighted by Gasteiger charge is -2.16. The van der Waals surface area contributed by atoms with Gasteiger partial charge >= 0.3 is 0 Å². The van der Waals surface area contributed by atoms with E-state index in [-0.39, 0.29) is 0 Å². The van der Waals surface area contributed by atoms with E-state index < -0.39 is 0 Å². The first-order valence-electron chi connectivity index (χ1n) is 8.40. The van der Waals surface area contributed by atoms with Crippen molar-refractivity contribution in [2.24, 2.45) is 0 Å². The van der Waals surface area contributed by atoms with E-state index in [0.29, 0.717) is 12.6 Å². The van der Waals surface area contributed by atoms with Gasteiger partial charge in [-0.15, -0.1) is 0 Å². The smallest absolute Gasteiger partial charge is 0.174 e. The Morgan fingerprint density at radius 3 is 2.54 bits per heavy atom. The third-order valence-electron chi connectivity index (χ3n) is 3.94. The Kier molecular flexibility index (Phi) is 7.60. The average Bonchev–Trinajstić information content (AvgIpc) is 2.59. The fourth-order valence-electron chi connectivity index (χ4n) is 2.61. The predicted octanol–water partition coefficient (Wildman–Crippen LogP) is 4.97. The molecule has 0 saturated heterocycles. The molecule has 130 valence electrons. The molecule has 1 N–H and O–H groups in total. The highest BCUT2D eigenvalue weighted by molar-refractivity contribution is 9.10. The van der Waals surface area contributed by atoms with Gasteiger partial charge in [-0.1, -0.05) is 30.3 Å². The van der Waals surface area contributed by atoms with Crippen molar-refractivity contribution in [3.8, 4) is 11.5 Å². The molecule has 4 heteroatoms. The summed E-state index contributed by atoms with van der Waals surface area (Å²) >= 11 is 3.56. The lowest BCUT2D eigenvalue weighted by Crippen LogP contribution is -2.26. The van der Waals surface area contributed by atoms with Crippen LogP contribution in [0, 0.1) is 0 Å². The monoisotopic (exact) mass is 391 g/mol. The molecule has 2 aromatic carbocycles. The van der Waals surface area contributed by atoms with E-state index in [1.54, 1.807) is 7.11 Å². The maximum absolute atomic E-state index is 5.68. The molecule has 2 rings (SSSR count). The highest BCUT2D eigenvalue weighted by atomic mass is 79.9. The summed E-state index contributed by atoms with van der Waals surface area (Å²) in [5.41, 5.74) is 2.56. The molecule has 0 radical (unpaired) electrons. The number of rotatable bonds is 9. The Hall–Kier alpha value is -1.52. The zero-order valence-electron chi connectivity index (χ0n) is 14.6. The molecule has 0 fully saturated rings. The number of ether oxygens (including phenoxy) is 2. The molecule has 0 bridgehead atoms. The van der Waals surface area contributed by atoms with Gasteiger partial charge in [-0.25, -0.2) is 0 Å². The van der Waals surface area contributed by atoms with Crippen LogP contribution in [0.15, 0.2) is 46.9 Å². The van der Waals surface area contributed by atoms with E-state index in [1.165, 1.54) is 11.1 Å². The largest absolute Gasteiger partial charge is 0.492 e. The zero-order valence-corrected chi connectivity index (χ0v) is 16.2. The summed E-state index contributed by atoms with van der Waals surface area (Å²) in [4.78, 5) is 0. The molecular formula is C20H26BrNO2. The normalized spacial score (nSPS) is 12.0. The first kappa shape index (κ1) is 18.8. The fraction of sp³-hybridized carbons (Fsp3) is 0.400. The summed E-state index contributed by atoms with van der Waals surface area (Å²) in [6.07, 6.45) is 2.20. The van der Waals surface area contributed by atoms with Crippen LogP contribution in [0.2, 0.25) is 0 Å². The van der Waals surface area contributed by atoms with Crippen LogP contribution >= 0.6 is 15.9 Å². The Morgan fingerprint density at radius 1 is 1.12 bits per heavy atom. The second kappa shape index (κ2) is 9.70. The molecule has 24 heavy (non-hydrogen) atoms. The molecule has 1 unspecified atom stereocenters. The minimum absolute atomic E-state index is 0.446. The first-order chi connectivity index (χ1) is 11.6. The van der Waals surface area contributed by atoms with Crippen LogP contribution in [0.25, 0.3) is 0 Å². The van der Waals surface area contributed by atoms with Crippen LogP contribution in [-0.4, -0.2) is 19.8 Å². The summed E-state index contributed by atoms with van der Waals surface area (Å²) < 4.78 is 12.0. The first-order valence-corrected chi connectivity index (χ1v) is 9.19. The van der Waals surface area contributed by atoms with Crippen LogP contribution in [0.4, 0.5) is 0 Å². The van der Waals surface area contributed by atoms with Crippen LogP contribution in [0.1, 0.15) is 31.4 Å². The second-order valence-corrected chi connectivity index (χ2v) is 6.70. The predicted molar refractivity (Wildman–Crippen MR) is 103 cm³/mol. The molecule has 2 aromatic rings. The van der Waals surface area contributed by atoms with E-state index in [0.717, 1.165) is 35.4 Å². The maximum Gasteiger partial charge on any atom is 0.174 e. The molecular weight excluding hydrogens is 366 g/mol. The van der Waals surface area contributed by atoms with Crippen molar-refractivity contribution in [3.05, 3.63) is 58.1 Å². The molecule has 1 atom stereocenters. The summed E-state index contributed by atoms with van der Waals surface area (Å²) in [5.74, 6) is 1.53. The number of nitrogens with one attached hydrogen (secondary N) is 1. The lowest BCUT2D eigenvalue weighted by molar-refractivity contribution is 0.309. The minimum atomic E-state index is 0.446. The number of halogens is 1. The molecule has 0 aliphatic heterocycles. The van der Waals surface area contributed by atoms with Gasteiger partial charge in [-0.05, 0) is 65.9 Å². The van der Waals surface area contributed by atoms with Gasteiger partial charge in [0.15, 0.2) is 11.5 Å². The average molecular weight is 392 g/mol. The third-order valence-corrected chi connectivity index (χ3v) is 4.53. The molecule has 0 aliphatic carbocycles. The molecule has 0 spiro atoms. The van der Waals surface area contributed by atoms with Gasteiger partial charge in [-0.3, -0.25) is 0 Å². The molecule has 0 saturated carbocycles. The van der Waals surface area contributed by atoms with Gasteiger partial charge in [-0.2, -0.15) is 0 Å². The van der Waals surface area contributed by atoms with E-state index in [4.69, 9.17) is 9.47 Å². The van der Waals surface area contributed by atoms with Crippen LogP contribution in [0.5, 0.6) is 11.5 Å². The van der Waals surface area contributed by atoms with Crippen molar-refractivity contribution in [1.82, 2.24) is 5.32 Å².